The number of halogens is 2. The van der Waals surface area contributed by atoms with Crippen molar-refractivity contribution < 1.29 is 28.3 Å². The van der Waals surface area contributed by atoms with Gasteiger partial charge in [-0.1, -0.05) is 0 Å². The number of carbonyl (C=O) groups is 3. The number of nitrogens with zero attached hydrogens (tertiary/aromatic N) is 1. The predicted octanol–water partition coefficient (Wildman–Crippen LogP) is 2.70. The monoisotopic (exact) mass is 388 g/mol. The molecule has 1 aliphatic heterocycles. The lowest BCUT2D eigenvalue weighted by Crippen LogP contribution is -2.46. The molecule has 2 aromatic rings. The Labute approximate surface area is 159 Å². The summed E-state index contributed by atoms with van der Waals surface area (Å²) in [5, 5.41) is 11.7. The molecule has 0 bridgehead atoms. The van der Waals surface area contributed by atoms with Gasteiger partial charge in [0, 0.05) is 24.7 Å². The Bertz CT molecular complexity index is 907. The fourth-order valence-corrected chi connectivity index (χ4v) is 3.09. The summed E-state index contributed by atoms with van der Waals surface area (Å²) in [4.78, 5) is 37.0. The van der Waals surface area contributed by atoms with Gasteiger partial charge in [-0.25, -0.2) is 13.6 Å². The van der Waals surface area contributed by atoms with Crippen LogP contribution in [0.3, 0.4) is 0 Å². The number of nitrogens with one attached hydrogen (secondary N) is 1. The van der Waals surface area contributed by atoms with Crippen LogP contribution in [0.1, 0.15) is 43.9 Å². The van der Waals surface area contributed by atoms with Crippen LogP contribution in [-0.2, 0) is 0 Å². The van der Waals surface area contributed by atoms with Gasteiger partial charge in [0.2, 0.25) is 0 Å². The van der Waals surface area contributed by atoms with Crippen molar-refractivity contribution in [2.45, 2.75) is 18.9 Å². The number of aromatic carboxylic acids is 1. The Hall–Kier alpha value is -3.29. The lowest BCUT2D eigenvalue weighted by molar-refractivity contribution is 0.0677. The van der Waals surface area contributed by atoms with Crippen molar-refractivity contribution in [2.24, 2.45) is 0 Å². The molecule has 6 nitrogen and oxygen atoms in total. The predicted molar refractivity (Wildman–Crippen MR) is 96.2 cm³/mol. The molecule has 0 aliphatic carbocycles. The third-order valence-corrected chi connectivity index (χ3v) is 4.67. The molecule has 3 rings (SSSR count). The van der Waals surface area contributed by atoms with Gasteiger partial charge in [0.05, 0.1) is 11.1 Å². The highest BCUT2D eigenvalue weighted by Crippen LogP contribution is 2.18. The zero-order valence-corrected chi connectivity index (χ0v) is 14.8. The number of carboxylic acid groups (broad SMARTS) is 1. The molecule has 0 spiro atoms. The number of piperidine rings is 1. The number of hydrogen-bond donors (Lipinski definition) is 2. The quantitative estimate of drug-likeness (QED) is 0.843. The second-order valence-corrected chi connectivity index (χ2v) is 6.55. The van der Waals surface area contributed by atoms with E-state index in [4.69, 9.17) is 5.11 Å². The summed E-state index contributed by atoms with van der Waals surface area (Å²) in [5.74, 6) is -3.41. The number of benzene rings is 2. The van der Waals surface area contributed by atoms with Crippen LogP contribution < -0.4 is 5.32 Å². The molecule has 1 saturated heterocycles. The molecule has 0 unspecified atom stereocenters. The fourth-order valence-electron chi connectivity index (χ4n) is 3.09. The van der Waals surface area contributed by atoms with Crippen LogP contribution >= 0.6 is 0 Å². The van der Waals surface area contributed by atoms with Crippen LogP contribution in [0.5, 0.6) is 0 Å². The summed E-state index contributed by atoms with van der Waals surface area (Å²) in [6.07, 6.45) is 0.987. The molecule has 1 fully saturated rings. The topological polar surface area (TPSA) is 86.7 Å². The van der Waals surface area contributed by atoms with E-state index < -0.39 is 23.5 Å². The van der Waals surface area contributed by atoms with E-state index in [1.807, 2.05) is 0 Å². The Morgan fingerprint density at radius 3 is 2.14 bits per heavy atom. The average molecular weight is 388 g/mol. The Morgan fingerprint density at radius 2 is 1.57 bits per heavy atom. The van der Waals surface area contributed by atoms with Crippen molar-refractivity contribution in [3.63, 3.8) is 0 Å². The zero-order chi connectivity index (χ0) is 20.3. The maximum atomic E-state index is 14.1. The average Bonchev–Trinajstić information content (AvgIpc) is 2.68. The van der Waals surface area contributed by atoms with Gasteiger partial charge in [0.15, 0.2) is 0 Å². The SMILES string of the molecule is O=C(O)c1ccc(C(=O)N2CCC(NC(=O)c3ccc(F)cc3)CC2)c(F)c1. The van der Waals surface area contributed by atoms with Crippen molar-refractivity contribution in [1.82, 2.24) is 10.2 Å². The minimum atomic E-state index is -1.27. The number of amides is 2. The van der Waals surface area contributed by atoms with Crippen molar-refractivity contribution in [2.75, 3.05) is 13.1 Å². The van der Waals surface area contributed by atoms with Crippen LogP contribution in [0, 0.1) is 11.6 Å². The third-order valence-electron chi connectivity index (χ3n) is 4.67. The second-order valence-electron chi connectivity index (χ2n) is 6.55. The van der Waals surface area contributed by atoms with Gasteiger partial charge in [0.25, 0.3) is 11.8 Å². The van der Waals surface area contributed by atoms with E-state index in [-0.39, 0.29) is 23.1 Å². The third kappa shape index (κ3) is 4.33. The van der Waals surface area contributed by atoms with Crippen LogP contribution in [0.15, 0.2) is 42.5 Å². The van der Waals surface area contributed by atoms with E-state index in [9.17, 15) is 23.2 Å². The van der Waals surface area contributed by atoms with Gasteiger partial charge >= 0.3 is 5.97 Å². The molecule has 2 amide bonds. The maximum Gasteiger partial charge on any atom is 0.335 e. The summed E-state index contributed by atoms with van der Waals surface area (Å²) in [6.45, 7) is 0.653. The Morgan fingerprint density at radius 1 is 0.964 bits per heavy atom. The first-order valence-electron chi connectivity index (χ1n) is 8.73. The van der Waals surface area contributed by atoms with Gasteiger partial charge in [-0.2, -0.15) is 0 Å². The smallest absolute Gasteiger partial charge is 0.335 e. The van der Waals surface area contributed by atoms with Crippen molar-refractivity contribution in [3.8, 4) is 0 Å². The number of rotatable bonds is 4. The Kier molecular flexibility index (Phi) is 5.67. The summed E-state index contributed by atoms with van der Waals surface area (Å²) in [6, 6.07) is 8.24. The normalized spacial score (nSPS) is 14.6. The molecule has 2 aromatic carbocycles. The molecule has 0 atom stereocenters. The number of carboxylic acids is 1. The summed E-state index contributed by atoms with van der Waals surface area (Å²) < 4.78 is 27.0. The Balaban J connectivity index is 1.57. The lowest BCUT2D eigenvalue weighted by Gasteiger charge is -2.32. The van der Waals surface area contributed by atoms with E-state index in [1.54, 1.807) is 0 Å². The van der Waals surface area contributed by atoms with Crippen molar-refractivity contribution in [3.05, 3.63) is 70.8 Å². The van der Waals surface area contributed by atoms with Crippen molar-refractivity contribution in [1.29, 1.82) is 0 Å². The molecule has 1 aliphatic rings. The first-order chi connectivity index (χ1) is 13.3. The molecule has 0 radical (unpaired) electrons. The molecule has 1 heterocycles. The van der Waals surface area contributed by atoms with Crippen LogP contribution in [0.2, 0.25) is 0 Å². The molecule has 0 aromatic heterocycles. The fraction of sp³-hybridized carbons (Fsp3) is 0.250. The summed E-state index contributed by atoms with van der Waals surface area (Å²) >= 11 is 0. The second kappa shape index (κ2) is 8.16. The highest BCUT2D eigenvalue weighted by Gasteiger charge is 2.26. The van der Waals surface area contributed by atoms with Crippen LogP contribution in [-0.4, -0.2) is 46.9 Å². The minimum Gasteiger partial charge on any atom is -0.478 e. The van der Waals surface area contributed by atoms with Gasteiger partial charge < -0.3 is 15.3 Å². The highest BCUT2D eigenvalue weighted by atomic mass is 19.1. The summed E-state index contributed by atoms with van der Waals surface area (Å²) in [5.41, 5.74) is -0.0597. The standard InChI is InChI=1S/C20H18F2N2O4/c21-14-4-1-12(2-5-14)18(25)23-15-7-9-24(10-8-15)19(26)16-6-3-13(20(27)28)11-17(16)22/h1-6,11,15H,7-10H2,(H,23,25)(H,27,28). The number of carbonyl (C=O) groups excluding carboxylic acids is 2. The highest BCUT2D eigenvalue weighted by molar-refractivity contribution is 5.96. The first kappa shape index (κ1) is 19.5. The van der Waals surface area contributed by atoms with E-state index in [2.05, 4.69) is 5.32 Å². The van der Waals surface area contributed by atoms with E-state index in [0.29, 0.717) is 31.5 Å². The summed E-state index contributed by atoms with van der Waals surface area (Å²) in [7, 11) is 0. The minimum absolute atomic E-state index is 0.152. The maximum absolute atomic E-state index is 14.1. The van der Waals surface area contributed by atoms with E-state index >= 15 is 0 Å². The van der Waals surface area contributed by atoms with Crippen LogP contribution in [0.25, 0.3) is 0 Å². The van der Waals surface area contributed by atoms with Gasteiger partial charge in [-0.05, 0) is 55.3 Å². The largest absolute Gasteiger partial charge is 0.478 e. The van der Waals surface area contributed by atoms with Crippen LogP contribution in [0.4, 0.5) is 8.78 Å². The van der Waals surface area contributed by atoms with Crippen molar-refractivity contribution >= 4 is 17.8 Å². The molecule has 146 valence electrons. The number of hydrogen-bond acceptors (Lipinski definition) is 3. The number of likely N-dealkylation sites (tertiary alicyclic amines) is 1. The first-order valence-corrected chi connectivity index (χ1v) is 8.73. The van der Waals surface area contributed by atoms with Gasteiger partial charge in [0.1, 0.15) is 11.6 Å². The van der Waals surface area contributed by atoms with E-state index in [0.717, 1.165) is 6.07 Å². The molecule has 8 heteroatoms. The van der Waals surface area contributed by atoms with Gasteiger partial charge in [-0.3, -0.25) is 9.59 Å². The molecule has 28 heavy (non-hydrogen) atoms. The molecular weight excluding hydrogens is 370 g/mol. The van der Waals surface area contributed by atoms with E-state index in [1.165, 1.54) is 41.3 Å². The molecule has 0 saturated carbocycles. The molecule has 2 N–H and O–H groups in total. The lowest BCUT2D eigenvalue weighted by atomic mass is 10.0. The zero-order valence-electron chi connectivity index (χ0n) is 14.8. The molecular formula is C20H18F2N2O4. The van der Waals surface area contributed by atoms with Gasteiger partial charge in [-0.15, -0.1) is 0 Å².